The lowest BCUT2D eigenvalue weighted by atomic mass is 10.2. The summed E-state index contributed by atoms with van der Waals surface area (Å²) in [7, 11) is 0. The molecule has 2 amide bonds. The minimum atomic E-state index is 0.0692. The molecule has 2 rings (SSSR count). The zero-order chi connectivity index (χ0) is 15.1. The maximum atomic E-state index is 12.3. The minimum Gasteiger partial charge on any atom is -0.355 e. The van der Waals surface area contributed by atoms with Crippen LogP contribution in [0.4, 0.5) is 0 Å². The summed E-state index contributed by atoms with van der Waals surface area (Å²) in [6.45, 7) is 6.03. The Morgan fingerprint density at radius 3 is 2.38 bits per heavy atom. The van der Waals surface area contributed by atoms with Crippen LogP contribution in [0.25, 0.3) is 0 Å². The van der Waals surface area contributed by atoms with E-state index in [2.05, 4.69) is 10.2 Å². The van der Waals surface area contributed by atoms with Crippen LogP contribution in [-0.2, 0) is 4.79 Å². The highest BCUT2D eigenvalue weighted by Crippen LogP contribution is 2.08. The zero-order valence-electron chi connectivity index (χ0n) is 12.5. The summed E-state index contributed by atoms with van der Waals surface area (Å²) in [6, 6.07) is 9.34. The van der Waals surface area contributed by atoms with Gasteiger partial charge in [0, 0.05) is 38.3 Å². The number of rotatable bonds is 5. The fraction of sp³-hybridized carbons (Fsp3) is 0.500. The second kappa shape index (κ2) is 7.78. The fourth-order valence-electron chi connectivity index (χ4n) is 2.40. The summed E-state index contributed by atoms with van der Waals surface area (Å²) in [4.78, 5) is 27.9. The smallest absolute Gasteiger partial charge is 0.253 e. The van der Waals surface area contributed by atoms with Crippen LogP contribution in [0.15, 0.2) is 30.3 Å². The highest BCUT2D eigenvalue weighted by atomic mass is 16.2. The molecule has 0 unspecified atom stereocenters. The first-order chi connectivity index (χ1) is 10.2. The quantitative estimate of drug-likeness (QED) is 0.879. The standard InChI is InChI=1S/C16H23N3O2/c1-2-8-17-15(20)13-18-9-11-19(12-10-18)16(21)14-6-4-3-5-7-14/h3-7H,2,8-13H2,1H3,(H,17,20). The number of carbonyl (C=O) groups is 2. The molecule has 0 atom stereocenters. The van der Waals surface area contributed by atoms with Crippen LogP contribution in [0.1, 0.15) is 23.7 Å². The Labute approximate surface area is 125 Å². The molecule has 1 aliphatic rings. The Hall–Kier alpha value is -1.88. The maximum Gasteiger partial charge on any atom is 0.253 e. The van der Waals surface area contributed by atoms with E-state index in [4.69, 9.17) is 0 Å². The molecule has 114 valence electrons. The molecule has 1 fully saturated rings. The van der Waals surface area contributed by atoms with Gasteiger partial charge >= 0.3 is 0 Å². The Balaban J connectivity index is 1.78. The van der Waals surface area contributed by atoms with Gasteiger partial charge in [0.25, 0.3) is 5.91 Å². The van der Waals surface area contributed by atoms with Gasteiger partial charge in [0.15, 0.2) is 0 Å². The molecule has 0 saturated carbocycles. The van der Waals surface area contributed by atoms with Crippen LogP contribution in [0.3, 0.4) is 0 Å². The molecule has 1 saturated heterocycles. The SMILES string of the molecule is CCCNC(=O)CN1CCN(C(=O)c2ccccc2)CC1. The lowest BCUT2D eigenvalue weighted by Gasteiger charge is -2.34. The minimum absolute atomic E-state index is 0.0692. The summed E-state index contributed by atoms with van der Waals surface area (Å²) in [5.41, 5.74) is 0.728. The predicted octanol–water partition coefficient (Wildman–Crippen LogP) is 0.971. The lowest BCUT2D eigenvalue weighted by molar-refractivity contribution is -0.122. The van der Waals surface area contributed by atoms with Crippen LogP contribution < -0.4 is 5.32 Å². The summed E-state index contributed by atoms with van der Waals surface area (Å²) in [5.74, 6) is 0.144. The molecule has 21 heavy (non-hydrogen) atoms. The normalized spacial score (nSPS) is 15.8. The Bertz CT molecular complexity index is 468. The number of amides is 2. The van der Waals surface area contributed by atoms with E-state index >= 15 is 0 Å². The highest BCUT2D eigenvalue weighted by molar-refractivity contribution is 5.94. The molecular formula is C16H23N3O2. The van der Waals surface area contributed by atoms with Gasteiger partial charge in [-0.1, -0.05) is 25.1 Å². The molecule has 1 aliphatic heterocycles. The van der Waals surface area contributed by atoms with E-state index in [0.717, 1.165) is 31.6 Å². The summed E-state index contributed by atoms with van der Waals surface area (Å²) < 4.78 is 0. The number of nitrogens with zero attached hydrogens (tertiary/aromatic N) is 2. The first kappa shape index (κ1) is 15.5. The van der Waals surface area contributed by atoms with E-state index in [1.54, 1.807) is 0 Å². The first-order valence-corrected chi connectivity index (χ1v) is 7.54. The number of carbonyl (C=O) groups excluding carboxylic acids is 2. The number of hydrogen-bond donors (Lipinski definition) is 1. The number of hydrogen-bond acceptors (Lipinski definition) is 3. The first-order valence-electron chi connectivity index (χ1n) is 7.54. The van der Waals surface area contributed by atoms with E-state index in [-0.39, 0.29) is 11.8 Å². The topological polar surface area (TPSA) is 52.7 Å². The second-order valence-corrected chi connectivity index (χ2v) is 5.28. The molecule has 0 bridgehead atoms. The average molecular weight is 289 g/mol. The largest absolute Gasteiger partial charge is 0.355 e. The van der Waals surface area contributed by atoms with Crippen molar-refractivity contribution in [3.05, 3.63) is 35.9 Å². The van der Waals surface area contributed by atoms with Crippen molar-refractivity contribution in [2.75, 3.05) is 39.3 Å². The van der Waals surface area contributed by atoms with E-state index in [0.29, 0.717) is 19.6 Å². The molecule has 0 aliphatic carbocycles. The van der Waals surface area contributed by atoms with Crippen molar-refractivity contribution in [2.45, 2.75) is 13.3 Å². The monoisotopic (exact) mass is 289 g/mol. The molecule has 1 heterocycles. The van der Waals surface area contributed by atoms with E-state index in [1.807, 2.05) is 42.2 Å². The molecule has 0 radical (unpaired) electrons. The van der Waals surface area contributed by atoms with Crippen molar-refractivity contribution >= 4 is 11.8 Å². The van der Waals surface area contributed by atoms with Crippen LogP contribution in [-0.4, -0.2) is 60.9 Å². The maximum absolute atomic E-state index is 12.3. The number of nitrogens with one attached hydrogen (secondary N) is 1. The highest BCUT2D eigenvalue weighted by Gasteiger charge is 2.22. The number of piperazine rings is 1. The zero-order valence-corrected chi connectivity index (χ0v) is 12.5. The lowest BCUT2D eigenvalue weighted by Crippen LogP contribution is -2.51. The van der Waals surface area contributed by atoms with Crippen molar-refractivity contribution in [1.82, 2.24) is 15.1 Å². The van der Waals surface area contributed by atoms with E-state index in [1.165, 1.54) is 0 Å². The second-order valence-electron chi connectivity index (χ2n) is 5.28. The van der Waals surface area contributed by atoms with Gasteiger partial charge in [-0.15, -0.1) is 0 Å². The van der Waals surface area contributed by atoms with Gasteiger partial charge in [0.1, 0.15) is 0 Å². The third-order valence-corrected chi connectivity index (χ3v) is 3.62. The Morgan fingerprint density at radius 2 is 1.76 bits per heavy atom. The molecule has 0 spiro atoms. The van der Waals surface area contributed by atoms with Crippen molar-refractivity contribution < 1.29 is 9.59 Å². The van der Waals surface area contributed by atoms with Crippen molar-refractivity contribution in [1.29, 1.82) is 0 Å². The molecule has 5 heteroatoms. The summed E-state index contributed by atoms with van der Waals surface area (Å²) in [5, 5.41) is 2.88. The molecule has 1 aromatic rings. The van der Waals surface area contributed by atoms with Crippen molar-refractivity contribution in [3.8, 4) is 0 Å². The van der Waals surface area contributed by atoms with Gasteiger partial charge < -0.3 is 10.2 Å². The van der Waals surface area contributed by atoms with Crippen LogP contribution >= 0.6 is 0 Å². The van der Waals surface area contributed by atoms with Gasteiger partial charge in [-0.25, -0.2) is 0 Å². The Kier molecular flexibility index (Phi) is 5.75. The third kappa shape index (κ3) is 4.56. The van der Waals surface area contributed by atoms with Crippen molar-refractivity contribution in [2.24, 2.45) is 0 Å². The average Bonchev–Trinajstić information content (AvgIpc) is 2.54. The molecule has 1 aromatic carbocycles. The summed E-state index contributed by atoms with van der Waals surface area (Å²) in [6.07, 6.45) is 0.949. The molecular weight excluding hydrogens is 266 g/mol. The van der Waals surface area contributed by atoms with Gasteiger partial charge in [0.05, 0.1) is 6.54 Å². The third-order valence-electron chi connectivity index (χ3n) is 3.62. The van der Waals surface area contributed by atoms with E-state index in [9.17, 15) is 9.59 Å². The molecule has 5 nitrogen and oxygen atoms in total. The van der Waals surface area contributed by atoms with Crippen molar-refractivity contribution in [3.63, 3.8) is 0 Å². The van der Waals surface area contributed by atoms with Gasteiger partial charge in [0.2, 0.25) is 5.91 Å². The van der Waals surface area contributed by atoms with Crippen LogP contribution in [0.2, 0.25) is 0 Å². The molecule has 1 N–H and O–H groups in total. The molecule has 0 aromatic heterocycles. The fourth-order valence-corrected chi connectivity index (χ4v) is 2.40. The van der Waals surface area contributed by atoms with Gasteiger partial charge in [-0.05, 0) is 18.6 Å². The predicted molar refractivity (Wildman–Crippen MR) is 82.1 cm³/mol. The summed E-state index contributed by atoms with van der Waals surface area (Å²) >= 11 is 0. The Morgan fingerprint density at radius 1 is 1.10 bits per heavy atom. The van der Waals surface area contributed by atoms with Gasteiger partial charge in [-0.2, -0.15) is 0 Å². The van der Waals surface area contributed by atoms with E-state index < -0.39 is 0 Å². The van der Waals surface area contributed by atoms with Gasteiger partial charge in [-0.3, -0.25) is 14.5 Å². The number of benzene rings is 1. The van der Waals surface area contributed by atoms with Crippen LogP contribution in [0.5, 0.6) is 0 Å². The van der Waals surface area contributed by atoms with Crippen LogP contribution in [0, 0.1) is 0 Å².